The number of carbonyl (C=O) groups is 1. The lowest BCUT2D eigenvalue weighted by molar-refractivity contribution is -0.114. The molecule has 0 saturated heterocycles. The zero-order chi connectivity index (χ0) is 18.1. The van der Waals surface area contributed by atoms with Gasteiger partial charge in [-0.3, -0.25) is 4.79 Å². The molecule has 0 unspecified atom stereocenters. The minimum absolute atomic E-state index is 0. The van der Waals surface area contributed by atoms with Crippen LogP contribution in [-0.4, -0.2) is 25.0 Å². The molecule has 1 heterocycles. The van der Waals surface area contributed by atoms with Crippen molar-refractivity contribution in [1.29, 1.82) is 0 Å². The number of guanidine groups is 1. The Bertz CT molecular complexity index is 713. The maximum Gasteiger partial charge on any atom is 0.221 e. The summed E-state index contributed by atoms with van der Waals surface area (Å²) >= 11 is 1.74. The fourth-order valence-electron chi connectivity index (χ4n) is 2.34. The van der Waals surface area contributed by atoms with Gasteiger partial charge < -0.3 is 16.0 Å². The summed E-state index contributed by atoms with van der Waals surface area (Å²) in [6.45, 7) is 8.03. The molecule has 0 spiro atoms. The average molecular weight is 486 g/mol. The van der Waals surface area contributed by atoms with Crippen molar-refractivity contribution < 1.29 is 4.79 Å². The highest BCUT2D eigenvalue weighted by molar-refractivity contribution is 14.0. The molecule has 3 N–H and O–H groups in total. The van der Waals surface area contributed by atoms with Crippen LogP contribution < -0.4 is 16.0 Å². The monoisotopic (exact) mass is 486 g/mol. The van der Waals surface area contributed by atoms with E-state index < -0.39 is 0 Å². The van der Waals surface area contributed by atoms with E-state index in [1.54, 1.807) is 11.3 Å². The van der Waals surface area contributed by atoms with Crippen LogP contribution in [0.5, 0.6) is 0 Å². The third-order valence-electron chi connectivity index (χ3n) is 3.67. The van der Waals surface area contributed by atoms with Gasteiger partial charge in [0.15, 0.2) is 5.96 Å². The summed E-state index contributed by atoms with van der Waals surface area (Å²) in [6, 6.07) is 10.0. The largest absolute Gasteiger partial charge is 0.357 e. The first-order valence-electron chi connectivity index (χ1n) is 8.50. The van der Waals surface area contributed by atoms with E-state index in [9.17, 15) is 4.79 Å². The van der Waals surface area contributed by atoms with Crippen molar-refractivity contribution in [2.45, 2.75) is 33.7 Å². The minimum Gasteiger partial charge on any atom is -0.357 e. The van der Waals surface area contributed by atoms with Crippen LogP contribution >= 0.6 is 35.3 Å². The molecule has 0 saturated carbocycles. The predicted molar refractivity (Wildman–Crippen MR) is 122 cm³/mol. The number of halogens is 1. The molecule has 2 aromatic rings. The lowest BCUT2D eigenvalue weighted by Crippen LogP contribution is -2.38. The maximum atomic E-state index is 11.0. The first-order chi connectivity index (χ1) is 12.1. The molecule has 1 amide bonds. The third kappa shape index (κ3) is 7.74. The van der Waals surface area contributed by atoms with E-state index in [0.29, 0.717) is 6.54 Å². The summed E-state index contributed by atoms with van der Waals surface area (Å²) in [4.78, 5) is 17.0. The van der Waals surface area contributed by atoms with Crippen molar-refractivity contribution in [1.82, 2.24) is 10.6 Å². The van der Waals surface area contributed by atoms with Gasteiger partial charge in [0.2, 0.25) is 5.91 Å². The number of thiophene rings is 1. The summed E-state index contributed by atoms with van der Waals surface area (Å²) < 4.78 is 0. The SMILES string of the molecule is CCNC(=NCc1sccc1C)NCCc1ccc(NC(C)=O)cc1.I. The number of nitrogens with zero attached hydrogens (tertiary/aromatic N) is 1. The summed E-state index contributed by atoms with van der Waals surface area (Å²) in [5, 5.41) is 11.5. The van der Waals surface area contributed by atoms with E-state index >= 15 is 0 Å². The van der Waals surface area contributed by atoms with Crippen molar-refractivity contribution in [3.8, 4) is 0 Å². The summed E-state index contributed by atoms with van der Waals surface area (Å²) in [5.74, 6) is 0.784. The Morgan fingerprint density at radius 2 is 1.88 bits per heavy atom. The Labute approximate surface area is 176 Å². The number of aliphatic imine (C=N–C) groups is 1. The van der Waals surface area contributed by atoms with Crippen molar-refractivity contribution in [3.63, 3.8) is 0 Å². The van der Waals surface area contributed by atoms with Gasteiger partial charge in [0.25, 0.3) is 0 Å². The Balaban J connectivity index is 0.00000338. The molecule has 142 valence electrons. The molecule has 1 aromatic heterocycles. The second kappa shape index (κ2) is 11.9. The second-order valence-electron chi connectivity index (χ2n) is 5.78. The smallest absolute Gasteiger partial charge is 0.221 e. The molecule has 0 aliphatic heterocycles. The predicted octanol–water partition coefficient (Wildman–Crippen LogP) is 3.93. The molecule has 0 radical (unpaired) electrons. The summed E-state index contributed by atoms with van der Waals surface area (Å²) in [6.07, 6.45) is 0.892. The number of carbonyl (C=O) groups excluding carboxylic acids is 1. The highest BCUT2D eigenvalue weighted by Crippen LogP contribution is 2.16. The van der Waals surface area contributed by atoms with Crippen LogP contribution in [0.1, 0.15) is 29.9 Å². The van der Waals surface area contributed by atoms with Gasteiger partial charge in [0.05, 0.1) is 6.54 Å². The number of aryl methyl sites for hydroxylation is 1. The lowest BCUT2D eigenvalue weighted by Gasteiger charge is -2.11. The summed E-state index contributed by atoms with van der Waals surface area (Å²) in [5.41, 5.74) is 3.33. The van der Waals surface area contributed by atoms with Gasteiger partial charge >= 0.3 is 0 Å². The van der Waals surface area contributed by atoms with Gasteiger partial charge in [-0.15, -0.1) is 35.3 Å². The molecule has 0 aliphatic carbocycles. The van der Waals surface area contributed by atoms with Crippen molar-refractivity contribution in [3.05, 3.63) is 51.7 Å². The maximum absolute atomic E-state index is 11.0. The van der Waals surface area contributed by atoms with E-state index in [2.05, 4.69) is 46.2 Å². The molecular weight excluding hydrogens is 459 g/mol. The summed E-state index contributed by atoms with van der Waals surface area (Å²) in [7, 11) is 0. The van der Waals surface area contributed by atoms with E-state index in [1.165, 1.54) is 22.9 Å². The van der Waals surface area contributed by atoms with Gasteiger partial charge in [-0.25, -0.2) is 4.99 Å². The third-order valence-corrected chi connectivity index (χ3v) is 4.68. The van der Waals surface area contributed by atoms with Gasteiger partial charge in [-0.05, 0) is 55.0 Å². The highest BCUT2D eigenvalue weighted by atomic mass is 127. The van der Waals surface area contributed by atoms with Crippen molar-refractivity contribution in [2.75, 3.05) is 18.4 Å². The number of hydrogen-bond acceptors (Lipinski definition) is 3. The standard InChI is InChI=1S/C19H26N4OS.HI/c1-4-20-19(22-13-18-14(2)10-12-25-18)21-11-9-16-5-7-17(8-6-16)23-15(3)24;/h5-8,10,12H,4,9,11,13H2,1-3H3,(H,23,24)(H2,20,21,22);1H. The molecule has 0 atom stereocenters. The average Bonchev–Trinajstić information content (AvgIpc) is 2.99. The Kier molecular flexibility index (Phi) is 10.3. The Hall–Kier alpha value is -1.61. The number of amides is 1. The van der Waals surface area contributed by atoms with Gasteiger partial charge in [-0.2, -0.15) is 0 Å². The highest BCUT2D eigenvalue weighted by Gasteiger charge is 2.02. The molecule has 0 aliphatic rings. The van der Waals surface area contributed by atoms with Crippen molar-refractivity contribution >= 4 is 52.9 Å². The lowest BCUT2D eigenvalue weighted by atomic mass is 10.1. The van der Waals surface area contributed by atoms with Gasteiger partial charge in [0.1, 0.15) is 0 Å². The number of rotatable bonds is 7. The van der Waals surface area contributed by atoms with E-state index in [1.807, 2.05) is 24.3 Å². The van der Waals surface area contributed by atoms with Crippen LogP contribution in [0.3, 0.4) is 0 Å². The van der Waals surface area contributed by atoms with E-state index in [4.69, 9.17) is 0 Å². The fraction of sp³-hybridized carbons (Fsp3) is 0.368. The van der Waals surface area contributed by atoms with Gasteiger partial charge in [0, 0.05) is 30.6 Å². The molecular formula is C19H27IN4OS. The number of benzene rings is 1. The molecule has 2 rings (SSSR count). The number of hydrogen-bond donors (Lipinski definition) is 3. The number of anilines is 1. The van der Waals surface area contributed by atoms with Crippen LogP contribution in [0.4, 0.5) is 5.69 Å². The van der Waals surface area contributed by atoms with Crippen LogP contribution in [0.15, 0.2) is 40.7 Å². The zero-order valence-electron chi connectivity index (χ0n) is 15.5. The zero-order valence-corrected chi connectivity index (χ0v) is 18.6. The molecule has 0 fully saturated rings. The van der Waals surface area contributed by atoms with E-state index in [0.717, 1.165) is 31.2 Å². The van der Waals surface area contributed by atoms with Crippen LogP contribution in [0.25, 0.3) is 0 Å². The molecule has 26 heavy (non-hydrogen) atoms. The second-order valence-corrected chi connectivity index (χ2v) is 6.78. The van der Waals surface area contributed by atoms with E-state index in [-0.39, 0.29) is 29.9 Å². The molecule has 1 aromatic carbocycles. The minimum atomic E-state index is -0.0538. The Morgan fingerprint density at radius 1 is 1.15 bits per heavy atom. The first-order valence-corrected chi connectivity index (χ1v) is 9.38. The normalized spacial score (nSPS) is 10.8. The van der Waals surface area contributed by atoms with Crippen LogP contribution in [0.2, 0.25) is 0 Å². The first kappa shape index (κ1) is 22.4. The quantitative estimate of drug-likeness (QED) is 0.316. The molecule has 0 bridgehead atoms. The fourth-order valence-corrected chi connectivity index (χ4v) is 3.17. The Morgan fingerprint density at radius 3 is 2.46 bits per heavy atom. The molecule has 5 nitrogen and oxygen atoms in total. The van der Waals surface area contributed by atoms with Crippen molar-refractivity contribution in [2.24, 2.45) is 4.99 Å². The van der Waals surface area contributed by atoms with Crippen LogP contribution in [-0.2, 0) is 17.8 Å². The van der Waals surface area contributed by atoms with Gasteiger partial charge in [-0.1, -0.05) is 12.1 Å². The molecule has 7 heteroatoms. The van der Waals surface area contributed by atoms with Crippen LogP contribution in [0, 0.1) is 6.92 Å². The number of nitrogens with one attached hydrogen (secondary N) is 3. The topological polar surface area (TPSA) is 65.5 Å².